The van der Waals surface area contributed by atoms with Gasteiger partial charge < -0.3 is 5.21 Å². The third-order valence-corrected chi connectivity index (χ3v) is 3.15. The van der Waals surface area contributed by atoms with E-state index in [1.807, 2.05) is 43.3 Å². The zero-order valence-corrected chi connectivity index (χ0v) is 10.5. The Hall–Kier alpha value is -2.09. The molecule has 0 aliphatic carbocycles. The maximum Gasteiger partial charge on any atom is 0.0617 e. The first-order valence-corrected chi connectivity index (χ1v) is 6.08. The number of nitrogens with zero attached hydrogens (tertiary/aromatic N) is 1. The molecule has 2 rings (SSSR count). The summed E-state index contributed by atoms with van der Waals surface area (Å²) < 4.78 is 0. The maximum absolute atomic E-state index is 9.03. The van der Waals surface area contributed by atoms with Crippen LogP contribution in [0.4, 0.5) is 0 Å². The van der Waals surface area contributed by atoms with Gasteiger partial charge in [0.2, 0.25) is 0 Å². The summed E-state index contributed by atoms with van der Waals surface area (Å²) in [6, 6.07) is 20.4. The molecule has 0 radical (unpaired) electrons. The highest BCUT2D eigenvalue weighted by Crippen LogP contribution is 2.22. The fourth-order valence-electron chi connectivity index (χ4n) is 2.11. The minimum atomic E-state index is 0.124. The Morgan fingerprint density at radius 1 is 1.00 bits per heavy atom. The molecule has 0 spiro atoms. The van der Waals surface area contributed by atoms with Gasteiger partial charge in [0, 0.05) is 5.92 Å². The van der Waals surface area contributed by atoms with Gasteiger partial charge in [-0.1, -0.05) is 65.8 Å². The molecular formula is C16H17NO. The molecule has 2 aromatic rings. The van der Waals surface area contributed by atoms with E-state index >= 15 is 0 Å². The molecule has 0 saturated heterocycles. The fraction of sp³-hybridized carbons (Fsp3) is 0.188. The highest BCUT2D eigenvalue weighted by Gasteiger charge is 2.15. The van der Waals surface area contributed by atoms with E-state index in [2.05, 4.69) is 29.4 Å². The summed E-state index contributed by atoms with van der Waals surface area (Å²) in [5.74, 6) is 0.124. The Balaban J connectivity index is 2.27. The standard InChI is InChI=1S/C16H17NO/c1-13(17-18)16(15-10-6-3-7-11-15)12-14-8-4-2-5-9-14/h2-11,16,18H,12H2,1H3/b17-13+. The summed E-state index contributed by atoms with van der Waals surface area (Å²) in [6.45, 7) is 1.86. The van der Waals surface area contributed by atoms with Gasteiger partial charge in [0.05, 0.1) is 5.71 Å². The number of rotatable bonds is 4. The Bertz CT molecular complexity index is 505. The van der Waals surface area contributed by atoms with Crippen LogP contribution in [0, 0.1) is 0 Å². The smallest absolute Gasteiger partial charge is 0.0617 e. The van der Waals surface area contributed by atoms with E-state index < -0.39 is 0 Å². The molecular weight excluding hydrogens is 222 g/mol. The molecule has 0 saturated carbocycles. The van der Waals surface area contributed by atoms with Gasteiger partial charge in [-0.3, -0.25) is 0 Å². The molecule has 0 fully saturated rings. The zero-order valence-electron chi connectivity index (χ0n) is 10.5. The van der Waals surface area contributed by atoms with Gasteiger partial charge in [-0.05, 0) is 24.5 Å². The summed E-state index contributed by atoms with van der Waals surface area (Å²) in [5.41, 5.74) is 3.16. The average molecular weight is 239 g/mol. The van der Waals surface area contributed by atoms with Gasteiger partial charge in [0.15, 0.2) is 0 Å². The minimum Gasteiger partial charge on any atom is -0.411 e. The topological polar surface area (TPSA) is 32.6 Å². The second-order valence-electron chi connectivity index (χ2n) is 4.39. The summed E-state index contributed by atoms with van der Waals surface area (Å²) in [6.07, 6.45) is 0.848. The van der Waals surface area contributed by atoms with Gasteiger partial charge in [-0.25, -0.2) is 0 Å². The molecule has 0 bridgehead atoms. The van der Waals surface area contributed by atoms with Crippen molar-refractivity contribution in [1.82, 2.24) is 0 Å². The largest absolute Gasteiger partial charge is 0.411 e. The molecule has 92 valence electrons. The van der Waals surface area contributed by atoms with Crippen LogP contribution in [-0.4, -0.2) is 10.9 Å². The van der Waals surface area contributed by atoms with Crippen LogP contribution in [0.15, 0.2) is 65.8 Å². The van der Waals surface area contributed by atoms with Crippen LogP contribution in [-0.2, 0) is 6.42 Å². The molecule has 0 aromatic heterocycles. The summed E-state index contributed by atoms with van der Waals surface area (Å²) >= 11 is 0. The number of oxime groups is 1. The Labute approximate surface area is 108 Å². The first kappa shape index (κ1) is 12.4. The van der Waals surface area contributed by atoms with Crippen LogP contribution in [0.25, 0.3) is 0 Å². The van der Waals surface area contributed by atoms with Crippen LogP contribution in [0.3, 0.4) is 0 Å². The molecule has 0 aliphatic heterocycles. The average Bonchev–Trinajstić information content (AvgIpc) is 2.46. The monoisotopic (exact) mass is 239 g/mol. The Kier molecular flexibility index (Phi) is 4.13. The molecule has 2 aromatic carbocycles. The lowest BCUT2D eigenvalue weighted by Crippen LogP contribution is -2.12. The summed E-state index contributed by atoms with van der Waals surface area (Å²) in [4.78, 5) is 0. The van der Waals surface area contributed by atoms with Crippen LogP contribution in [0.1, 0.15) is 24.0 Å². The quantitative estimate of drug-likeness (QED) is 0.490. The van der Waals surface area contributed by atoms with Crippen molar-refractivity contribution in [2.75, 3.05) is 0 Å². The van der Waals surface area contributed by atoms with Crippen molar-refractivity contribution in [3.8, 4) is 0 Å². The number of benzene rings is 2. The highest BCUT2D eigenvalue weighted by molar-refractivity contribution is 5.88. The third kappa shape index (κ3) is 2.98. The van der Waals surface area contributed by atoms with E-state index in [4.69, 9.17) is 5.21 Å². The minimum absolute atomic E-state index is 0.124. The predicted molar refractivity (Wildman–Crippen MR) is 74.2 cm³/mol. The molecule has 1 unspecified atom stereocenters. The van der Waals surface area contributed by atoms with Crippen LogP contribution >= 0.6 is 0 Å². The van der Waals surface area contributed by atoms with E-state index in [1.165, 1.54) is 11.1 Å². The van der Waals surface area contributed by atoms with Crippen LogP contribution in [0.2, 0.25) is 0 Å². The van der Waals surface area contributed by atoms with Crippen LogP contribution < -0.4 is 0 Å². The lowest BCUT2D eigenvalue weighted by molar-refractivity contribution is 0.316. The molecule has 0 amide bonds. The Morgan fingerprint density at radius 2 is 1.56 bits per heavy atom. The second-order valence-corrected chi connectivity index (χ2v) is 4.39. The van der Waals surface area contributed by atoms with Crippen molar-refractivity contribution in [3.05, 3.63) is 71.8 Å². The highest BCUT2D eigenvalue weighted by atomic mass is 16.4. The molecule has 2 nitrogen and oxygen atoms in total. The van der Waals surface area contributed by atoms with Crippen LogP contribution in [0.5, 0.6) is 0 Å². The second kappa shape index (κ2) is 6.01. The van der Waals surface area contributed by atoms with Gasteiger partial charge in [-0.15, -0.1) is 0 Å². The van der Waals surface area contributed by atoms with Crippen molar-refractivity contribution in [2.45, 2.75) is 19.3 Å². The van der Waals surface area contributed by atoms with Crippen molar-refractivity contribution in [3.63, 3.8) is 0 Å². The molecule has 18 heavy (non-hydrogen) atoms. The molecule has 0 heterocycles. The zero-order chi connectivity index (χ0) is 12.8. The predicted octanol–water partition coefficient (Wildman–Crippen LogP) is 3.86. The summed E-state index contributed by atoms with van der Waals surface area (Å²) in [5, 5.41) is 12.4. The molecule has 1 N–H and O–H groups in total. The van der Waals surface area contributed by atoms with Crippen molar-refractivity contribution in [2.24, 2.45) is 5.16 Å². The van der Waals surface area contributed by atoms with E-state index in [0.29, 0.717) is 0 Å². The van der Waals surface area contributed by atoms with E-state index in [-0.39, 0.29) is 5.92 Å². The first-order chi connectivity index (χ1) is 8.81. The van der Waals surface area contributed by atoms with Crippen molar-refractivity contribution in [1.29, 1.82) is 0 Å². The first-order valence-electron chi connectivity index (χ1n) is 6.08. The molecule has 0 aliphatic rings. The fourth-order valence-corrected chi connectivity index (χ4v) is 2.11. The van der Waals surface area contributed by atoms with E-state index in [9.17, 15) is 0 Å². The van der Waals surface area contributed by atoms with Gasteiger partial charge in [0.1, 0.15) is 0 Å². The lowest BCUT2D eigenvalue weighted by Gasteiger charge is -2.16. The van der Waals surface area contributed by atoms with Gasteiger partial charge in [-0.2, -0.15) is 0 Å². The summed E-state index contributed by atoms with van der Waals surface area (Å²) in [7, 11) is 0. The van der Waals surface area contributed by atoms with Gasteiger partial charge in [0.25, 0.3) is 0 Å². The molecule has 2 heteroatoms. The Morgan fingerprint density at radius 3 is 2.11 bits per heavy atom. The lowest BCUT2D eigenvalue weighted by atomic mass is 9.88. The van der Waals surface area contributed by atoms with Crippen molar-refractivity contribution >= 4 is 5.71 Å². The SMILES string of the molecule is C/C(=N\O)C(Cc1ccccc1)c1ccccc1. The van der Waals surface area contributed by atoms with Crippen molar-refractivity contribution < 1.29 is 5.21 Å². The van der Waals surface area contributed by atoms with Gasteiger partial charge >= 0.3 is 0 Å². The third-order valence-electron chi connectivity index (χ3n) is 3.15. The molecule has 1 atom stereocenters. The normalized spacial score (nSPS) is 13.3. The number of hydrogen-bond donors (Lipinski definition) is 1. The van der Waals surface area contributed by atoms with E-state index in [0.717, 1.165) is 12.1 Å². The maximum atomic E-state index is 9.03. The number of hydrogen-bond acceptors (Lipinski definition) is 2. The van der Waals surface area contributed by atoms with E-state index in [1.54, 1.807) is 0 Å².